The summed E-state index contributed by atoms with van der Waals surface area (Å²) in [6.07, 6.45) is 3.44. The highest BCUT2D eigenvalue weighted by atomic mass is 32.2. The van der Waals surface area contributed by atoms with E-state index in [0.717, 1.165) is 0 Å². The van der Waals surface area contributed by atoms with Crippen molar-refractivity contribution in [2.24, 2.45) is 0 Å². The fourth-order valence-corrected chi connectivity index (χ4v) is 2.29. The van der Waals surface area contributed by atoms with Crippen LogP contribution in [0.4, 0.5) is 0 Å². The Labute approximate surface area is 111 Å². The number of rotatable bonds is 4. The van der Waals surface area contributed by atoms with E-state index in [0.29, 0.717) is 5.56 Å². The molecule has 0 radical (unpaired) electrons. The van der Waals surface area contributed by atoms with Crippen molar-refractivity contribution in [1.82, 2.24) is 14.7 Å². The van der Waals surface area contributed by atoms with Crippen LogP contribution in [0.1, 0.15) is 25.5 Å². The molecule has 9 heteroatoms. The van der Waals surface area contributed by atoms with Gasteiger partial charge in [0.05, 0.1) is 0 Å². The third kappa shape index (κ3) is 3.91. The summed E-state index contributed by atoms with van der Waals surface area (Å²) in [5, 5.41) is 0. The lowest BCUT2D eigenvalue weighted by Crippen LogP contribution is -2.35. The molecule has 0 aromatic carbocycles. The summed E-state index contributed by atoms with van der Waals surface area (Å²) in [4.78, 5) is 7.77. The van der Waals surface area contributed by atoms with Crippen molar-refractivity contribution in [3.8, 4) is 0 Å². The second-order valence-corrected chi connectivity index (χ2v) is 5.83. The van der Waals surface area contributed by atoms with Gasteiger partial charge in [0.2, 0.25) is 0 Å². The lowest BCUT2D eigenvalue weighted by atomic mass is 10.1. The fraction of sp³-hybridized carbons (Fsp3) is 0.600. The van der Waals surface area contributed by atoms with Gasteiger partial charge in [-0.15, -0.1) is 0 Å². The average molecular weight is 289 g/mol. The topological polar surface area (TPSA) is 111 Å². The smallest absolute Gasteiger partial charge is 0.333 e. The maximum atomic E-state index is 10.7. The molecule has 2 atom stereocenters. The zero-order valence-corrected chi connectivity index (χ0v) is 11.3. The minimum atomic E-state index is -4.27. The molecule has 1 aromatic heterocycles. The van der Waals surface area contributed by atoms with Crippen molar-refractivity contribution in [1.29, 1.82) is 0 Å². The molecule has 2 unspecified atom stereocenters. The van der Waals surface area contributed by atoms with Crippen LogP contribution in [-0.2, 0) is 19.8 Å². The standard InChI is InChI=1S/C10H15N3O5S/c1-10(2)17-8(5-13-19(14,15)16)9(18-10)7-3-11-6-12-4-7/h3-4,6,8-9,13H,5H2,1-2H3,(H,14,15,16). The summed E-state index contributed by atoms with van der Waals surface area (Å²) in [6.45, 7) is 3.33. The minimum absolute atomic E-state index is 0.109. The van der Waals surface area contributed by atoms with Crippen LogP contribution in [0, 0.1) is 0 Å². The molecule has 19 heavy (non-hydrogen) atoms. The molecular weight excluding hydrogens is 274 g/mol. The molecular formula is C10H15N3O5S. The van der Waals surface area contributed by atoms with E-state index in [4.69, 9.17) is 14.0 Å². The van der Waals surface area contributed by atoms with Crippen molar-refractivity contribution >= 4 is 10.3 Å². The molecule has 8 nitrogen and oxygen atoms in total. The quantitative estimate of drug-likeness (QED) is 0.754. The second-order valence-electron chi connectivity index (χ2n) is 4.59. The Bertz CT molecular complexity index is 533. The maximum Gasteiger partial charge on any atom is 0.333 e. The Morgan fingerprint density at radius 1 is 1.37 bits per heavy atom. The third-order valence-corrected chi connectivity index (χ3v) is 3.09. The van der Waals surface area contributed by atoms with Crippen LogP contribution in [0.3, 0.4) is 0 Å². The molecule has 2 rings (SSSR count). The monoisotopic (exact) mass is 289 g/mol. The molecule has 1 aliphatic rings. The van der Waals surface area contributed by atoms with Gasteiger partial charge in [-0.1, -0.05) is 0 Å². The van der Waals surface area contributed by atoms with Crippen LogP contribution < -0.4 is 4.72 Å². The number of hydrogen-bond acceptors (Lipinski definition) is 6. The van der Waals surface area contributed by atoms with Gasteiger partial charge < -0.3 is 9.47 Å². The highest BCUT2D eigenvalue weighted by Crippen LogP contribution is 2.37. The predicted molar refractivity (Wildman–Crippen MR) is 64.4 cm³/mol. The van der Waals surface area contributed by atoms with E-state index in [-0.39, 0.29) is 6.54 Å². The van der Waals surface area contributed by atoms with E-state index in [1.807, 2.05) is 4.72 Å². The zero-order chi connectivity index (χ0) is 14.1. The highest BCUT2D eigenvalue weighted by Gasteiger charge is 2.42. The lowest BCUT2D eigenvalue weighted by Gasteiger charge is -2.16. The van der Waals surface area contributed by atoms with E-state index in [2.05, 4.69) is 9.97 Å². The molecule has 106 valence electrons. The lowest BCUT2D eigenvalue weighted by molar-refractivity contribution is -0.146. The van der Waals surface area contributed by atoms with Crippen LogP contribution in [-0.4, -0.2) is 41.4 Å². The number of nitrogens with zero attached hydrogens (tertiary/aromatic N) is 2. The highest BCUT2D eigenvalue weighted by molar-refractivity contribution is 7.83. The molecule has 2 heterocycles. The molecule has 1 aliphatic heterocycles. The van der Waals surface area contributed by atoms with Gasteiger partial charge in [-0.25, -0.2) is 9.97 Å². The van der Waals surface area contributed by atoms with Gasteiger partial charge in [0, 0.05) is 24.5 Å². The Morgan fingerprint density at radius 3 is 2.58 bits per heavy atom. The second kappa shape index (κ2) is 5.10. The maximum absolute atomic E-state index is 10.7. The van der Waals surface area contributed by atoms with Crippen molar-refractivity contribution in [2.75, 3.05) is 6.54 Å². The van der Waals surface area contributed by atoms with Crippen molar-refractivity contribution in [3.63, 3.8) is 0 Å². The van der Waals surface area contributed by atoms with Crippen molar-refractivity contribution in [3.05, 3.63) is 24.3 Å². The number of aromatic nitrogens is 2. The Kier molecular flexibility index (Phi) is 3.83. The first-order valence-corrected chi connectivity index (χ1v) is 7.03. The number of hydrogen-bond donors (Lipinski definition) is 2. The van der Waals surface area contributed by atoms with Crippen LogP contribution in [0.5, 0.6) is 0 Å². The summed E-state index contributed by atoms with van der Waals surface area (Å²) in [5.41, 5.74) is 0.676. The zero-order valence-electron chi connectivity index (χ0n) is 10.5. The first kappa shape index (κ1) is 14.3. The molecule has 1 aromatic rings. The SMILES string of the molecule is CC1(C)OC(CNS(=O)(=O)O)C(c2cncnc2)O1. The first-order chi connectivity index (χ1) is 8.77. The van der Waals surface area contributed by atoms with Gasteiger partial charge in [-0.3, -0.25) is 4.55 Å². The van der Waals surface area contributed by atoms with Gasteiger partial charge in [0.25, 0.3) is 0 Å². The van der Waals surface area contributed by atoms with Gasteiger partial charge in [-0.05, 0) is 13.8 Å². The van der Waals surface area contributed by atoms with Gasteiger partial charge in [0.15, 0.2) is 5.79 Å². The summed E-state index contributed by atoms with van der Waals surface area (Å²) in [6, 6.07) is 0. The van der Waals surface area contributed by atoms with Crippen LogP contribution in [0.15, 0.2) is 18.7 Å². The molecule has 0 aliphatic carbocycles. The Hall–Kier alpha value is -1.13. The number of nitrogens with one attached hydrogen (secondary N) is 1. The van der Waals surface area contributed by atoms with Gasteiger partial charge >= 0.3 is 10.3 Å². The Balaban J connectivity index is 2.15. The van der Waals surface area contributed by atoms with E-state index >= 15 is 0 Å². The largest absolute Gasteiger partial charge is 0.343 e. The third-order valence-electron chi connectivity index (χ3n) is 2.56. The van der Waals surface area contributed by atoms with Gasteiger partial charge in [0.1, 0.15) is 18.5 Å². The summed E-state index contributed by atoms with van der Waals surface area (Å²) in [7, 11) is -4.27. The first-order valence-electron chi connectivity index (χ1n) is 5.59. The number of ether oxygens (including phenoxy) is 2. The van der Waals surface area contributed by atoms with E-state index in [1.165, 1.54) is 6.33 Å². The van der Waals surface area contributed by atoms with E-state index in [1.54, 1.807) is 26.2 Å². The molecule has 0 bridgehead atoms. The van der Waals surface area contributed by atoms with Crippen LogP contribution >= 0.6 is 0 Å². The minimum Gasteiger partial charge on any atom is -0.343 e. The van der Waals surface area contributed by atoms with E-state index < -0.39 is 28.3 Å². The summed E-state index contributed by atoms with van der Waals surface area (Å²) < 4.78 is 43.4. The normalized spacial score (nSPS) is 26.5. The van der Waals surface area contributed by atoms with E-state index in [9.17, 15) is 8.42 Å². The fourth-order valence-electron chi connectivity index (χ4n) is 1.91. The van der Waals surface area contributed by atoms with Crippen molar-refractivity contribution in [2.45, 2.75) is 31.8 Å². The predicted octanol–water partition coefficient (Wildman–Crippen LogP) is 0.0616. The molecule has 1 fully saturated rings. The van der Waals surface area contributed by atoms with Crippen LogP contribution in [0.25, 0.3) is 0 Å². The molecule has 0 amide bonds. The molecule has 0 saturated carbocycles. The molecule has 0 spiro atoms. The Morgan fingerprint density at radius 2 is 2.00 bits per heavy atom. The average Bonchev–Trinajstić information content (AvgIpc) is 2.62. The summed E-state index contributed by atoms with van der Waals surface area (Å²) >= 11 is 0. The summed E-state index contributed by atoms with van der Waals surface area (Å²) in [5.74, 6) is -0.855. The molecule has 1 saturated heterocycles. The van der Waals surface area contributed by atoms with Crippen LogP contribution in [0.2, 0.25) is 0 Å². The molecule has 2 N–H and O–H groups in total. The van der Waals surface area contributed by atoms with Crippen molar-refractivity contribution < 1.29 is 22.4 Å². The van der Waals surface area contributed by atoms with Gasteiger partial charge in [-0.2, -0.15) is 13.1 Å².